The summed E-state index contributed by atoms with van der Waals surface area (Å²) in [6.07, 6.45) is 1.57. The molecule has 1 atom stereocenters. The van der Waals surface area contributed by atoms with Crippen molar-refractivity contribution in [1.29, 1.82) is 0 Å². The Kier molecular flexibility index (Phi) is 6.46. The molecule has 1 aromatic carbocycles. The van der Waals surface area contributed by atoms with Gasteiger partial charge in [-0.1, -0.05) is 12.1 Å². The second-order valence-electron chi connectivity index (χ2n) is 7.07. The summed E-state index contributed by atoms with van der Waals surface area (Å²) < 4.78 is 10.8. The zero-order valence-corrected chi connectivity index (χ0v) is 16.9. The largest absolute Gasteiger partial charge is 0.495 e. The Morgan fingerprint density at radius 3 is 2.61 bits per heavy atom. The van der Waals surface area contributed by atoms with Gasteiger partial charge in [-0.05, 0) is 38.1 Å². The van der Waals surface area contributed by atoms with E-state index in [4.69, 9.17) is 9.15 Å². The minimum atomic E-state index is -1.14. The van der Waals surface area contributed by atoms with E-state index >= 15 is 0 Å². The SMILES string of the molecule is CCNC(=NCC(C)(O)c1ccco1)N1CCN(c2ccccc2OC)CC1. The van der Waals surface area contributed by atoms with Gasteiger partial charge < -0.3 is 29.4 Å². The molecule has 0 saturated carbocycles. The number of rotatable bonds is 6. The van der Waals surface area contributed by atoms with Gasteiger partial charge in [-0.15, -0.1) is 0 Å². The second-order valence-corrected chi connectivity index (χ2v) is 7.07. The fourth-order valence-corrected chi connectivity index (χ4v) is 3.37. The van der Waals surface area contributed by atoms with Crippen molar-refractivity contribution in [3.63, 3.8) is 0 Å². The molecule has 2 N–H and O–H groups in total. The van der Waals surface area contributed by atoms with Crippen molar-refractivity contribution in [2.24, 2.45) is 4.99 Å². The highest BCUT2D eigenvalue weighted by atomic mass is 16.5. The summed E-state index contributed by atoms with van der Waals surface area (Å²) in [5, 5.41) is 14.0. The Morgan fingerprint density at radius 2 is 1.96 bits per heavy atom. The number of anilines is 1. The van der Waals surface area contributed by atoms with E-state index < -0.39 is 5.60 Å². The number of hydrogen-bond acceptors (Lipinski definition) is 5. The van der Waals surface area contributed by atoms with Crippen LogP contribution in [0.25, 0.3) is 0 Å². The fourth-order valence-electron chi connectivity index (χ4n) is 3.37. The number of piperazine rings is 1. The molecule has 1 fully saturated rings. The summed E-state index contributed by atoms with van der Waals surface area (Å²) in [6, 6.07) is 11.6. The van der Waals surface area contributed by atoms with Crippen LogP contribution in [0.5, 0.6) is 5.75 Å². The van der Waals surface area contributed by atoms with Gasteiger partial charge in [0.1, 0.15) is 17.1 Å². The lowest BCUT2D eigenvalue weighted by molar-refractivity contribution is 0.0434. The van der Waals surface area contributed by atoms with Crippen molar-refractivity contribution >= 4 is 11.6 Å². The Morgan fingerprint density at radius 1 is 1.21 bits per heavy atom. The van der Waals surface area contributed by atoms with Gasteiger partial charge in [-0.3, -0.25) is 0 Å². The summed E-state index contributed by atoms with van der Waals surface area (Å²) in [7, 11) is 1.70. The van der Waals surface area contributed by atoms with E-state index in [0.29, 0.717) is 5.76 Å². The Balaban J connectivity index is 1.66. The highest BCUT2D eigenvalue weighted by molar-refractivity contribution is 5.80. The van der Waals surface area contributed by atoms with Gasteiger partial charge >= 0.3 is 0 Å². The normalized spacial score (nSPS) is 17.4. The van der Waals surface area contributed by atoms with Crippen LogP contribution in [0.15, 0.2) is 52.1 Å². The summed E-state index contributed by atoms with van der Waals surface area (Å²) >= 11 is 0. The molecule has 7 heteroatoms. The third-order valence-corrected chi connectivity index (χ3v) is 4.93. The molecule has 2 heterocycles. The molecule has 0 spiro atoms. The van der Waals surface area contributed by atoms with Crippen LogP contribution in [0.3, 0.4) is 0 Å². The summed E-state index contributed by atoms with van der Waals surface area (Å²) in [5.74, 6) is 2.23. The minimum absolute atomic E-state index is 0.232. The molecule has 1 aliphatic heterocycles. The third-order valence-electron chi connectivity index (χ3n) is 4.93. The molecule has 152 valence electrons. The summed E-state index contributed by atoms with van der Waals surface area (Å²) in [4.78, 5) is 9.24. The molecule has 0 aliphatic carbocycles. The Bertz CT molecular complexity index is 766. The van der Waals surface area contributed by atoms with Gasteiger partial charge in [0.25, 0.3) is 0 Å². The van der Waals surface area contributed by atoms with E-state index in [-0.39, 0.29) is 6.54 Å². The number of furan rings is 1. The Hall–Kier alpha value is -2.67. The van der Waals surface area contributed by atoms with Crippen LogP contribution in [-0.4, -0.2) is 62.3 Å². The predicted molar refractivity (Wildman–Crippen MR) is 111 cm³/mol. The third kappa shape index (κ3) is 4.59. The number of ether oxygens (including phenoxy) is 1. The van der Waals surface area contributed by atoms with Crippen molar-refractivity contribution in [1.82, 2.24) is 10.2 Å². The number of benzene rings is 1. The standard InChI is InChI=1S/C21H30N4O3/c1-4-22-20(23-16-21(2,26)19-10-7-15-28-19)25-13-11-24(12-14-25)17-8-5-6-9-18(17)27-3/h5-10,15,26H,4,11-14,16H2,1-3H3,(H,22,23). The highest BCUT2D eigenvalue weighted by Gasteiger charge is 2.27. The molecule has 28 heavy (non-hydrogen) atoms. The number of aliphatic hydroxyl groups is 1. The zero-order valence-electron chi connectivity index (χ0n) is 16.9. The molecular formula is C21H30N4O3. The Labute approximate surface area is 166 Å². The lowest BCUT2D eigenvalue weighted by Crippen LogP contribution is -2.53. The van der Waals surface area contributed by atoms with E-state index in [9.17, 15) is 5.11 Å². The number of para-hydroxylation sites is 2. The summed E-state index contributed by atoms with van der Waals surface area (Å²) in [5.41, 5.74) is -0.0176. The number of aliphatic imine (C=N–C) groups is 1. The van der Waals surface area contributed by atoms with E-state index in [1.165, 1.54) is 0 Å². The van der Waals surface area contributed by atoms with Gasteiger partial charge in [-0.25, -0.2) is 4.99 Å². The van der Waals surface area contributed by atoms with Crippen LogP contribution in [0.1, 0.15) is 19.6 Å². The maximum atomic E-state index is 10.7. The van der Waals surface area contributed by atoms with Crippen LogP contribution in [0, 0.1) is 0 Å². The molecule has 1 aromatic heterocycles. The zero-order chi connectivity index (χ0) is 20.0. The second kappa shape index (κ2) is 9.01. The molecule has 2 aromatic rings. The molecule has 1 saturated heterocycles. The van der Waals surface area contributed by atoms with Gasteiger partial charge in [0.15, 0.2) is 5.96 Å². The fraction of sp³-hybridized carbons (Fsp3) is 0.476. The van der Waals surface area contributed by atoms with Crippen LogP contribution in [-0.2, 0) is 5.60 Å². The number of methoxy groups -OCH3 is 1. The van der Waals surface area contributed by atoms with Crippen molar-refractivity contribution in [2.45, 2.75) is 19.4 Å². The first-order chi connectivity index (χ1) is 13.5. The first-order valence-electron chi connectivity index (χ1n) is 9.72. The molecule has 3 rings (SSSR count). The lowest BCUT2D eigenvalue weighted by Gasteiger charge is -2.38. The minimum Gasteiger partial charge on any atom is -0.495 e. The number of guanidine groups is 1. The van der Waals surface area contributed by atoms with Crippen LogP contribution in [0.4, 0.5) is 5.69 Å². The molecular weight excluding hydrogens is 356 g/mol. The molecule has 0 amide bonds. The van der Waals surface area contributed by atoms with E-state index in [1.807, 2.05) is 25.1 Å². The van der Waals surface area contributed by atoms with Crippen molar-refractivity contribution in [3.05, 3.63) is 48.4 Å². The van der Waals surface area contributed by atoms with Gasteiger partial charge in [-0.2, -0.15) is 0 Å². The monoisotopic (exact) mass is 386 g/mol. The average Bonchev–Trinajstić information content (AvgIpc) is 3.27. The maximum absolute atomic E-state index is 10.7. The molecule has 1 unspecified atom stereocenters. The van der Waals surface area contributed by atoms with Crippen LogP contribution in [0.2, 0.25) is 0 Å². The highest BCUT2D eigenvalue weighted by Crippen LogP contribution is 2.28. The van der Waals surface area contributed by atoms with E-state index in [1.54, 1.807) is 32.4 Å². The van der Waals surface area contributed by atoms with E-state index in [2.05, 4.69) is 26.2 Å². The summed E-state index contributed by atoms with van der Waals surface area (Å²) in [6.45, 7) is 8.20. The molecule has 7 nitrogen and oxygen atoms in total. The molecule has 0 bridgehead atoms. The number of nitrogens with one attached hydrogen (secondary N) is 1. The van der Waals surface area contributed by atoms with Crippen LogP contribution >= 0.6 is 0 Å². The molecule has 1 aliphatic rings. The first kappa shape index (κ1) is 20.1. The van der Waals surface area contributed by atoms with E-state index in [0.717, 1.165) is 50.1 Å². The van der Waals surface area contributed by atoms with Crippen molar-refractivity contribution in [2.75, 3.05) is 51.3 Å². The number of nitrogens with zero attached hydrogens (tertiary/aromatic N) is 3. The van der Waals surface area contributed by atoms with Crippen LogP contribution < -0.4 is 15.0 Å². The lowest BCUT2D eigenvalue weighted by atomic mass is 10.0. The van der Waals surface area contributed by atoms with Gasteiger partial charge in [0, 0.05) is 32.7 Å². The van der Waals surface area contributed by atoms with Crippen molar-refractivity contribution < 1.29 is 14.3 Å². The predicted octanol–water partition coefficient (Wildman–Crippen LogP) is 2.28. The maximum Gasteiger partial charge on any atom is 0.194 e. The van der Waals surface area contributed by atoms with Gasteiger partial charge in [0.2, 0.25) is 0 Å². The topological polar surface area (TPSA) is 73.5 Å². The molecule has 0 radical (unpaired) electrons. The number of hydrogen-bond donors (Lipinski definition) is 2. The van der Waals surface area contributed by atoms with Gasteiger partial charge in [0.05, 0.1) is 25.6 Å². The average molecular weight is 386 g/mol. The first-order valence-corrected chi connectivity index (χ1v) is 9.72. The van der Waals surface area contributed by atoms with Crippen molar-refractivity contribution in [3.8, 4) is 5.75 Å². The quantitative estimate of drug-likeness (QED) is 0.586. The smallest absolute Gasteiger partial charge is 0.194 e.